The second-order valence-electron chi connectivity index (χ2n) is 4.52. The summed E-state index contributed by atoms with van der Waals surface area (Å²) in [6, 6.07) is 0. The van der Waals surface area contributed by atoms with Gasteiger partial charge in [0.25, 0.3) is 0 Å². The van der Waals surface area contributed by atoms with Crippen molar-refractivity contribution < 1.29 is 19.7 Å². The number of fused-ring (bicyclic) bond motifs is 1. The first-order chi connectivity index (χ1) is 9.67. The first-order valence-electron chi connectivity index (χ1n) is 6.07. The molecule has 9 heteroatoms. The Morgan fingerprint density at radius 1 is 1.45 bits per heavy atom. The molecule has 0 amide bonds. The van der Waals surface area contributed by atoms with Gasteiger partial charge in [0.2, 0.25) is 0 Å². The SMILES string of the molecule is CO[C@@H]1[C@@H](O)[C@@H](CO)O[C@H]1n1cnc2c(N)ncnc21. The molecule has 2 aromatic rings. The van der Waals surface area contributed by atoms with Crippen molar-refractivity contribution in [2.75, 3.05) is 19.5 Å². The molecule has 0 spiro atoms. The molecule has 1 saturated heterocycles. The van der Waals surface area contributed by atoms with Crippen molar-refractivity contribution in [2.24, 2.45) is 0 Å². The maximum absolute atomic E-state index is 10.0. The van der Waals surface area contributed by atoms with Crippen LogP contribution < -0.4 is 5.73 Å². The van der Waals surface area contributed by atoms with Crippen LogP contribution in [0.1, 0.15) is 6.23 Å². The fourth-order valence-electron chi connectivity index (χ4n) is 2.40. The zero-order valence-electron chi connectivity index (χ0n) is 10.7. The van der Waals surface area contributed by atoms with Crippen molar-refractivity contribution in [1.82, 2.24) is 19.5 Å². The molecule has 108 valence electrons. The van der Waals surface area contributed by atoms with Crippen LogP contribution in [-0.2, 0) is 9.47 Å². The average molecular weight is 281 g/mol. The van der Waals surface area contributed by atoms with Crippen molar-refractivity contribution >= 4 is 17.0 Å². The Hall–Kier alpha value is -1.81. The maximum atomic E-state index is 10.0. The summed E-state index contributed by atoms with van der Waals surface area (Å²) in [6.07, 6.45) is -0.119. The number of anilines is 1. The summed E-state index contributed by atoms with van der Waals surface area (Å²) in [5.41, 5.74) is 6.66. The van der Waals surface area contributed by atoms with E-state index in [9.17, 15) is 10.2 Å². The number of rotatable bonds is 3. The molecule has 1 aliphatic heterocycles. The number of nitrogens with two attached hydrogens (primary N) is 1. The molecule has 4 N–H and O–H groups in total. The lowest BCUT2D eigenvalue weighted by molar-refractivity contribution is -0.0583. The molecule has 0 saturated carbocycles. The normalized spacial score (nSPS) is 30.1. The monoisotopic (exact) mass is 281 g/mol. The molecule has 0 radical (unpaired) electrons. The number of imidazole rings is 1. The van der Waals surface area contributed by atoms with Crippen LogP contribution in [0.5, 0.6) is 0 Å². The van der Waals surface area contributed by atoms with E-state index in [2.05, 4.69) is 15.0 Å². The molecule has 3 heterocycles. The van der Waals surface area contributed by atoms with E-state index in [1.165, 1.54) is 19.8 Å². The molecule has 0 aromatic carbocycles. The van der Waals surface area contributed by atoms with E-state index in [1.807, 2.05) is 0 Å². The smallest absolute Gasteiger partial charge is 0.167 e. The summed E-state index contributed by atoms with van der Waals surface area (Å²) in [7, 11) is 1.46. The number of aliphatic hydroxyl groups is 2. The topological polar surface area (TPSA) is 129 Å². The van der Waals surface area contributed by atoms with Gasteiger partial charge in [-0.25, -0.2) is 15.0 Å². The Kier molecular flexibility index (Phi) is 3.26. The van der Waals surface area contributed by atoms with Crippen molar-refractivity contribution in [2.45, 2.75) is 24.5 Å². The Balaban J connectivity index is 2.04. The molecule has 4 atom stereocenters. The first kappa shape index (κ1) is 13.2. The van der Waals surface area contributed by atoms with Gasteiger partial charge in [0, 0.05) is 7.11 Å². The van der Waals surface area contributed by atoms with Crippen LogP contribution in [0.25, 0.3) is 11.2 Å². The molecule has 0 aliphatic carbocycles. The van der Waals surface area contributed by atoms with E-state index < -0.39 is 24.5 Å². The van der Waals surface area contributed by atoms with Crippen LogP contribution in [-0.4, -0.2) is 61.8 Å². The van der Waals surface area contributed by atoms with Gasteiger partial charge in [-0.1, -0.05) is 0 Å². The average Bonchev–Trinajstić information content (AvgIpc) is 3.00. The van der Waals surface area contributed by atoms with Crippen LogP contribution in [0.2, 0.25) is 0 Å². The molecular weight excluding hydrogens is 266 g/mol. The lowest BCUT2D eigenvalue weighted by Crippen LogP contribution is -2.34. The third kappa shape index (κ3) is 1.83. The second kappa shape index (κ2) is 4.94. The summed E-state index contributed by atoms with van der Waals surface area (Å²) in [6.45, 7) is -0.304. The van der Waals surface area contributed by atoms with Gasteiger partial charge in [-0.15, -0.1) is 0 Å². The molecule has 0 unspecified atom stereocenters. The fraction of sp³-hybridized carbons (Fsp3) is 0.545. The molecule has 1 aliphatic rings. The number of hydrogen-bond donors (Lipinski definition) is 3. The number of methoxy groups -OCH3 is 1. The second-order valence-corrected chi connectivity index (χ2v) is 4.52. The van der Waals surface area contributed by atoms with Crippen LogP contribution in [0.4, 0.5) is 5.82 Å². The molecule has 0 bridgehead atoms. The number of nitrogen functional groups attached to an aromatic ring is 1. The largest absolute Gasteiger partial charge is 0.394 e. The van der Waals surface area contributed by atoms with Crippen molar-refractivity contribution in [3.63, 3.8) is 0 Å². The van der Waals surface area contributed by atoms with Crippen LogP contribution in [0.15, 0.2) is 12.7 Å². The van der Waals surface area contributed by atoms with Crippen LogP contribution >= 0.6 is 0 Å². The minimum Gasteiger partial charge on any atom is -0.394 e. The summed E-state index contributed by atoms with van der Waals surface area (Å²) < 4.78 is 12.5. The highest BCUT2D eigenvalue weighted by atomic mass is 16.6. The Morgan fingerprint density at radius 3 is 2.95 bits per heavy atom. The molecule has 9 nitrogen and oxygen atoms in total. The number of hydrogen-bond acceptors (Lipinski definition) is 8. The van der Waals surface area contributed by atoms with Gasteiger partial charge < -0.3 is 25.4 Å². The lowest BCUT2D eigenvalue weighted by atomic mass is 10.1. The Bertz CT molecular complexity index is 618. The van der Waals surface area contributed by atoms with E-state index in [0.717, 1.165) is 0 Å². The van der Waals surface area contributed by atoms with E-state index in [0.29, 0.717) is 11.2 Å². The highest BCUT2D eigenvalue weighted by Crippen LogP contribution is 2.33. The maximum Gasteiger partial charge on any atom is 0.167 e. The van der Waals surface area contributed by atoms with Crippen LogP contribution in [0.3, 0.4) is 0 Å². The molecule has 2 aromatic heterocycles. The Labute approximate surface area is 114 Å². The zero-order chi connectivity index (χ0) is 14.3. The van der Waals surface area contributed by atoms with Gasteiger partial charge in [0.1, 0.15) is 30.2 Å². The van der Waals surface area contributed by atoms with Crippen molar-refractivity contribution in [1.29, 1.82) is 0 Å². The minimum atomic E-state index is -0.938. The third-order valence-electron chi connectivity index (χ3n) is 3.43. The van der Waals surface area contributed by atoms with Crippen molar-refractivity contribution in [3.8, 4) is 0 Å². The third-order valence-corrected chi connectivity index (χ3v) is 3.43. The zero-order valence-corrected chi connectivity index (χ0v) is 10.7. The number of ether oxygens (including phenoxy) is 2. The number of aromatic nitrogens is 4. The van der Waals surface area contributed by atoms with E-state index in [1.54, 1.807) is 4.57 Å². The van der Waals surface area contributed by atoms with Gasteiger partial charge in [-0.3, -0.25) is 4.57 Å². The predicted molar refractivity (Wildman–Crippen MR) is 67.5 cm³/mol. The van der Waals surface area contributed by atoms with Gasteiger partial charge in [0.05, 0.1) is 12.9 Å². The van der Waals surface area contributed by atoms with Crippen molar-refractivity contribution in [3.05, 3.63) is 12.7 Å². The molecule has 20 heavy (non-hydrogen) atoms. The van der Waals surface area contributed by atoms with E-state index in [4.69, 9.17) is 15.2 Å². The summed E-state index contributed by atoms with van der Waals surface area (Å²) in [4.78, 5) is 12.1. The summed E-state index contributed by atoms with van der Waals surface area (Å²) in [5.74, 6) is 0.264. The fourth-order valence-corrected chi connectivity index (χ4v) is 2.40. The minimum absolute atomic E-state index is 0.264. The van der Waals surface area contributed by atoms with Gasteiger partial charge in [0.15, 0.2) is 17.7 Å². The summed E-state index contributed by atoms with van der Waals surface area (Å²) in [5, 5.41) is 19.3. The van der Waals surface area contributed by atoms with Gasteiger partial charge in [-0.05, 0) is 0 Å². The van der Waals surface area contributed by atoms with Gasteiger partial charge >= 0.3 is 0 Å². The van der Waals surface area contributed by atoms with Crippen LogP contribution in [0, 0.1) is 0 Å². The van der Waals surface area contributed by atoms with Gasteiger partial charge in [-0.2, -0.15) is 0 Å². The lowest BCUT2D eigenvalue weighted by Gasteiger charge is -2.19. The summed E-state index contributed by atoms with van der Waals surface area (Å²) >= 11 is 0. The predicted octanol–water partition coefficient (Wildman–Crippen LogP) is -1.33. The van der Waals surface area contributed by atoms with E-state index in [-0.39, 0.29) is 12.4 Å². The molecular formula is C11H15N5O4. The van der Waals surface area contributed by atoms with E-state index >= 15 is 0 Å². The molecule has 1 fully saturated rings. The highest BCUT2D eigenvalue weighted by Gasteiger charge is 2.45. The Morgan fingerprint density at radius 2 is 2.25 bits per heavy atom. The quantitative estimate of drug-likeness (QED) is 0.631. The first-order valence-corrected chi connectivity index (χ1v) is 6.07. The molecule has 3 rings (SSSR count). The number of aliphatic hydroxyl groups excluding tert-OH is 2. The standard InChI is InChI=1S/C11H15N5O4/c1-19-8-7(18)5(2-17)20-11(8)16-4-15-6-9(12)13-3-14-10(6)16/h3-5,7-8,11,17-18H,2H2,1H3,(H2,12,13,14)/t5-,7+,8-,11-/m1/s1. The highest BCUT2D eigenvalue weighted by molar-refractivity contribution is 5.81. The number of nitrogens with zero attached hydrogens (tertiary/aromatic N) is 4.